The highest BCUT2D eigenvalue weighted by Crippen LogP contribution is 2.27. The Morgan fingerprint density at radius 2 is 1.64 bits per heavy atom. The van der Waals surface area contributed by atoms with E-state index in [0.717, 1.165) is 38.5 Å². The average molecular weight is 310 g/mol. The first-order chi connectivity index (χ1) is 10.6. The topological polar surface area (TPSA) is 78.4 Å². The van der Waals surface area contributed by atoms with Gasteiger partial charge >= 0.3 is 0 Å². The Balaban J connectivity index is 1.68. The molecule has 2 atom stereocenters. The zero-order valence-corrected chi connectivity index (χ0v) is 13.6. The van der Waals surface area contributed by atoms with E-state index >= 15 is 0 Å². The van der Waals surface area contributed by atoms with Crippen molar-refractivity contribution in [2.24, 2.45) is 11.8 Å². The van der Waals surface area contributed by atoms with E-state index in [-0.39, 0.29) is 24.3 Å². The van der Waals surface area contributed by atoms with Gasteiger partial charge < -0.3 is 15.7 Å². The van der Waals surface area contributed by atoms with Gasteiger partial charge in [0, 0.05) is 12.5 Å². The van der Waals surface area contributed by atoms with Crippen LogP contribution in [0.4, 0.5) is 0 Å². The average Bonchev–Trinajstić information content (AvgIpc) is 3.07. The van der Waals surface area contributed by atoms with E-state index in [9.17, 15) is 14.7 Å². The molecule has 2 aliphatic carbocycles. The van der Waals surface area contributed by atoms with Crippen molar-refractivity contribution in [3.05, 3.63) is 0 Å². The van der Waals surface area contributed by atoms with E-state index in [0.29, 0.717) is 5.92 Å². The SMILES string of the molecule is CC(NC(=O)C1CCCCC1)C(=O)NCC(O)C1CCCC1. The van der Waals surface area contributed by atoms with E-state index in [4.69, 9.17) is 0 Å². The second-order valence-electron chi connectivity index (χ2n) is 6.92. The largest absolute Gasteiger partial charge is 0.391 e. The molecule has 5 heteroatoms. The molecule has 2 aliphatic rings. The third-order valence-corrected chi connectivity index (χ3v) is 5.16. The molecule has 0 spiro atoms. The molecule has 2 unspecified atom stereocenters. The first-order valence-corrected chi connectivity index (χ1v) is 8.84. The van der Waals surface area contributed by atoms with E-state index in [1.807, 2.05) is 0 Å². The van der Waals surface area contributed by atoms with E-state index in [1.165, 1.54) is 19.3 Å². The van der Waals surface area contributed by atoms with E-state index in [2.05, 4.69) is 10.6 Å². The van der Waals surface area contributed by atoms with Crippen molar-refractivity contribution in [2.45, 2.75) is 76.9 Å². The van der Waals surface area contributed by atoms with Crippen LogP contribution in [0.25, 0.3) is 0 Å². The van der Waals surface area contributed by atoms with E-state index in [1.54, 1.807) is 6.92 Å². The van der Waals surface area contributed by atoms with Gasteiger partial charge in [-0.05, 0) is 38.5 Å². The number of hydrogen-bond donors (Lipinski definition) is 3. The Labute approximate surface area is 133 Å². The third kappa shape index (κ3) is 4.97. The van der Waals surface area contributed by atoms with Crippen molar-refractivity contribution < 1.29 is 14.7 Å². The highest BCUT2D eigenvalue weighted by molar-refractivity contribution is 5.88. The second-order valence-corrected chi connectivity index (χ2v) is 6.92. The zero-order chi connectivity index (χ0) is 15.9. The van der Waals surface area contributed by atoms with Crippen molar-refractivity contribution in [3.8, 4) is 0 Å². The molecular weight excluding hydrogens is 280 g/mol. The van der Waals surface area contributed by atoms with Crippen molar-refractivity contribution in [1.82, 2.24) is 10.6 Å². The molecule has 0 radical (unpaired) electrons. The van der Waals surface area contributed by atoms with Crippen LogP contribution in [0.3, 0.4) is 0 Å². The molecule has 2 amide bonds. The number of amides is 2. The molecule has 126 valence electrons. The molecule has 0 aromatic heterocycles. The number of aliphatic hydroxyl groups is 1. The van der Waals surface area contributed by atoms with Crippen molar-refractivity contribution >= 4 is 11.8 Å². The van der Waals surface area contributed by atoms with Crippen molar-refractivity contribution in [3.63, 3.8) is 0 Å². The normalized spacial score (nSPS) is 23.0. The van der Waals surface area contributed by atoms with Crippen LogP contribution in [0.1, 0.15) is 64.7 Å². The lowest BCUT2D eigenvalue weighted by Gasteiger charge is -2.23. The van der Waals surface area contributed by atoms with Gasteiger partial charge in [0.25, 0.3) is 0 Å². The van der Waals surface area contributed by atoms with Gasteiger partial charge in [-0.25, -0.2) is 0 Å². The van der Waals surface area contributed by atoms with Gasteiger partial charge in [0.2, 0.25) is 11.8 Å². The van der Waals surface area contributed by atoms with Crippen molar-refractivity contribution in [2.75, 3.05) is 6.54 Å². The van der Waals surface area contributed by atoms with Gasteiger partial charge in [0.15, 0.2) is 0 Å². The predicted octanol–water partition coefficient (Wildman–Crippen LogP) is 1.74. The number of carbonyl (C=O) groups is 2. The number of aliphatic hydroxyl groups excluding tert-OH is 1. The number of hydrogen-bond acceptors (Lipinski definition) is 3. The first kappa shape index (κ1) is 17.3. The molecule has 0 bridgehead atoms. The molecular formula is C17H30N2O3. The molecule has 2 rings (SSSR count). The summed E-state index contributed by atoms with van der Waals surface area (Å²) in [5.74, 6) is 0.167. The summed E-state index contributed by atoms with van der Waals surface area (Å²) in [5.41, 5.74) is 0. The minimum absolute atomic E-state index is 0.00121. The number of carbonyl (C=O) groups excluding carboxylic acids is 2. The summed E-state index contributed by atoms with van der Waals surface area (Å²) in [6, 6.07) is -0.537. The predicted molar refractivity (Wildman–Crippen MR) is 85.2 cm³/mol. The van der Waals surface area contributed by atoms with Gasteiger partial charge in [-0.1, -0.05) is 32.1 Å². The Kier molecular flexibility index (Phi) is 6.68. The maximum absolute atomic E-state index is 12.1. The van der Waals surface area contributed by atoms with Gasteiger partial charge in [0.1, 0.15) is 6.04 Å². The number of nitrogens with one attached hydrogen (secondary N) is 2. The maximum Gasteiger partial charge on any atom is 0.242 e. The zero-order valence-electron chi connectivity index (χ0n) is 13.6. The summed E-state index contributed by atoms with van der Waals surface area (Å²) in [6.45, 7) is 1.99. The molecule has 2 fully saturated rings. The summed E-state index contributed by atoms with van der Waals surface area (Å²) in [6.07, 6.45) is 9.24. The molecule has 3 N–H and O–H groups in total. The fraction of sp³-hybridized carbons (Fsp3) is 0.882. The molecule has 0 aromatic rings. The standard InChI is InChI=1S/C17H30N2O3/c1-12(19-17(22)14-9-3-2-4-10-14)16(21)18-11-15(20)13-7-5-6-8-13/h12-15,20H,2-11H2,1H3,(H,18,21)(H,19,22). The third-order valence-electron chi connectivity index (χ3n) is 5.16. The summed E-state index contributed by atoms with van der Waals surface area (Å²) in [4.78, 5) is 24.2. The van der Waals surface area contributed by atoms with E-state index < -0.39 is 12.1 Å². The second kappa shape index (κ2) is 8.51. The Morgan fingerprint density at radius 1 is 1.05 bits per heavy atom. The van der Waals surface area contributed by atoms with Crippen LogP contribution in [-0.2, 0) is 9.59 Å². The monoisotopic (exact) mass is 310 g/mol. The summed E-state index contributed by atoms with van der Waals surface area (Å²) < 4.78 is 0. The summed E-state index contributed by atoms with van der Waals surface area (Å²) >= 11 is 0. The number of rotatable bonds is 6. The smallest absolute Gasteiger partial charge is 0.242 e. The van der Waals surface area contributed by atoms with Crippen LogP contribution in [-0.4, -0.2) is 35.6 Å². The fourth-order valence-electron chi connectivity index (χ4n) is 3.63. The molecule has 0 aliphatic heterocycles. The Hall–Kier alpha value is -1.10. The van der Waals surface area contributed by atoms with Crippen LogP contribution < -0.4 is 10.6 Å². The molecule has 0 heterocycles. The fourth-order valence-corrected chi connectivity index (χ4v) is 3.63. The minimum Gasteiger partial charge on any atom is -0.391 e. The van der Waals surface area contributed by atoms with Gasteiger partial charge in [-0.2, -0.15) is 0 Å². The van der Waals surface area contributed by atoms with Gasteiger partial charge in [0.05, 0.1) is 6.10 Å². The Morgan fingerprint density at radius 3 is 2.27 bits per heavy atom. The lowest BCUT2D eigenvalue weighted by atomic mass is 9.88. The van der Waals surface area contributed by atoms with Crippen LogP contribution in [0.5, 0.6) is 0 Å². The van der Waals surface area contributed by atoms with Crippen LogP contribution >= 0.6 is 0 Å². The minimum atomic E-state index is -0.537. The van der Waals surface area contributed by atoms with Gasteiger partial charge in [-0.15, -0.1) is 0 Å². The molecule has 0 saturated heterocycles. The first-order valence-electron chi connectivity index (χ1n) is 8.84. The Bertz CT molecular complexity index is 374. The molecule has 0 aromatic carbocycles. The quantitative estimate of drug-likeness (QED) is 0.699. The van der Waals surface area contributed by atoms with Gasteiger partial charge in [-0.3, -0.25) is 9.59 Å². The van der Waals surface area contributed by atoms with Crippen LogP contribution in [0.2, 0.25) is 0 Å². The lowest BCUT2D eigenvalue weighted by Crippen LogP contribution is -2.48. The highest BCUT2D eigenvalue weighted by Gasteiger charge is 2.26. The molecule has 2 saturated carbocycles. The summed E-state index contributed by atoms with van der Waals surface area (Å²) in [5, 5.41) is 15.6. The van der Waals surface area contributed by atoms with Crippen LogP contribution in [0, 0.1) is 11.8 Å². The van der Waals surface area contributed by atoms with Crippen LogP contribution in [0.15, 0.2) is 0 Å². The highest BCUT2D eigenvalue weighted by atomic mass is 16.3. The van der Waals surface area contributed by atoms with Crippen molar-refractivity contribution in [1.29, 1.82) is 0 Å². The molecule has 5 nitrogen and oxygen atoms in total. The summed E-state index contributed by atoms with van der Waals surface area (Å²) in [7, 11) is 0. The maximum atomic E-state index is 12.1. The molecule has 22 heavy (non-hydrogen) atoms. The lowest BCUT2D eigenvalue weighted by molar-refractivity contribution is -0.131.